The fraction of sp³-hybridized carbons (Fsp3) is 0.600. The van der Waals surface area contributed by atoms with Gasteiger partial charge in [-0.25, -0.2) is 0 Å². The number of hydroxylamine groups is 2. The van der Waals surface area contributed by atoms with E-state index >= 15 is 0 Å². The quantitative estimate of drug-likeness (QED) is 0.487. The van der Waals surface area contributed by atoms with Crippen LogP contribution in [0, 0.1) is 30.0 Å². The minimum Gasteiger partial charge on any atom is -0.317 e. The predicted molar refractivity (Wildman–Crippen MR) is 50.6 cm³/mol. The summed E-state index contributed by atoms with van der Waals surface area (Å²) in [5.41, 5.74) is 0. The molecule has 0 aromatic heterocycles. The van der Waals surface area contributed by atoms with Gasteiger partial charge in [-0.2, -0.15) is 0 Å². The first kappa shape index (κ1) is 11.7. The van der Waals surface area contributed by atoms with Crippen molar-refractivity contribution in [2.45, 2.75) is 27.7 Å². The number of rotatable bonds is 4. The summed E-state index contributed by atoms with van der Waals surface area (Å²) in [5.74, 6) is 5.64. The fourth-order valence-corrected chi connectivity index (χ4v) is 0.584. The molecule has 13 heavy (non-hydrogen) atoms. The van der Waals surface area contributed by atoms with E-state index in [0.29, 0.717) is 12.5 Å². The molecule has 0 aliphatic rings. The van der Waals surface area contributed by atoms with Crippen molar-refractivity contribution in [3.05, 3.63) is 0 Å². The van der Waals surface area contributed by atoms with Crippen molar-refractivity contribution < 1.29 is 9.68 Å². The third-order valence-electron chi connectivity index (χ3n) is 1.01. The third kappa shape index (κ3) is 7.05. The summed E-state index contributed by atoms with van der Waals surface area (Å²) in [6.45, 7) is 8.12. The summed E-state index contributed by atoms with van der Waals surface area (Å²) in [4.78, 5) is 9.90. The van der Waals surface area contributed by atoms with Gasteiger partial charge < -0.3 is 9.68 Å². The van der Waals surface area contributed by atoms with Gasteiger partial charge in [-0.1, -0.05) is 25.7 Å². The Kier molecular flexibility index (Phi) is 6.59. The summed E-state index contributed by atoms with van der Waals surface area (Å²) in [5, 5.41) is 1.28. The molecular formula is C10H15NO2. The molecule has 72 valence electrons. The molecule has 0 radical (unpaired) electrons. The van der Waals surface area contributed by atoms with Gasteiger partial charge in [-0.15, -0.1) is 0 Å². The van der Waals surface area contributed by atoms with E-state index in [-0.39, 0.29) is 0 Å². The van der Waals surface area contributed by atoms with Crippen LogP contribution in [0.5, 0.6) is 0 Å². The summed E-state index contributed by atoms with van der Waals surface area (Å²) >= 11 is 0. The topological polar surface area (TPSA) is 21.7 Å². The molecule has 0 amide bonds. The Balaban J connectivity index is 3.96. The summed E-state index contributed by atoms with van der Waals surface area (Å²) in [6, 6.07) is 0. The van der Waals surface area contributed by atoms with Gasteiger partial charge >= 0.3 is 0 Å². The highest BCUT2D eigenvalue weighted by Crippen LogP contribution is 1.99. The molecule has 0 aliphatic heterocycles. The maximum absolute atomic E-state index is 4.95. The molecule has 0 atom stereocenters. The van der Waals surface area contributed by atoms with Crippen LogP contribution in [-0.2, 0) is 9.68 Å². The van der Waals surface area contributed by atoms with Crippen LogP contribution >= 0.6 is 0 Å². The average molecular weight is 181 g/mol. The lowest BCUT2D eigenvalue weighted by Crippen LogP contribution is -2.25. The average Bonchev–Trinajstić information content (AvgIpc) is 2.09. The normalized spacial score (nSPS) is 8.46. The summed E-state index contributed by atoms with van der Waals surface area (Å²) in [6.07, 6.45) is 4.89. The van der Waals surface area contributed by atoms with Gasteiger partial charge in [0, 0.05) is 19.1 Å². The minimum atomic E-state index is 0.428. The van der Waals surface area contributed by atoms with Gasteiger partial charge in [0.25, 0.3) is 0 Å². The van der Waals surface area contributed by atoms with E-state index in [1.165, 1.54) is 5.23 Å². The Labute approximate surface area is 79.9 Å². The van der Waals surface area contributed by atoms with Crippen molar-refractivity contribution in [1.82, 2.24) is 5.23 Å². The van der Waals surface area contributed by atoms with Crippen LogP contribution in [0.4, 0.5) is 0 Å². The van der Waals surface area contributed by atoms with Crippen LogP contribution < -0.4 is 0 Å². The molecule has 3 nitrogen and oxygen atoms in total. The fourth-order valence-electron chi connectivity index (χ4n) is 0.584. The molecule has 0 saturated heterocycles. The zero-order valence-electron chi connectivity index (χ0n) is 8.55. The first-order valence-corrected chi connectivity index (χ1v) is 4.15. The molecule has 3 heteroatoms. The zero-order chi connectivity index (χ0) is 10.1. The molecule has 0 aromatic rings. The second-order valence-electron chi connectivity index (χ2n) is 2.80. The Morgan fingerprint density at radius 1 is 1.08 bits per heavy atom. The molecule has 0 rings (SSSR count). The number of hydrogen-bond donors (Lipinski definition) is 0. The molecule has 0 bridgehead atoms. The van der Waals surface area contributed by atoms with Crippen molar-refractivity contribution in [1.29, 1.82) is 0 Å². The van der Waals surface area contributed by atoms with Crippen LogP contribution in [0.25, 0.3) is 0 Å². The lowest BCUT2D eigenvalue weighted by molar-refractivity contribution is -0.301. The lowest BCUT2D eigenvalue weighted by Gasteiger charge is -2.15. The molecule has 0 aliphatic carbocycles. The van der Waals surface area contributed by atoms with Gasteiger partial charge in [0.15, 0.2) is 0 Å². The highest BCUT2D eigenvalue weighted by atomic mass is 16.9. The van der Waals surface area contributed by atoms with E-state index in [1.807, 2.05) is 0 Å². The van der Waals surface area contributed by atoms with Gasteiger partial charge in [-0.05, 0) is 5.92 Å². The van der Waals surface area contributed by atoms with Crippen LogP contribution in [0.2, 0.25) is 0 Å². The molecule has 0 unspecified atom stereocenters. The van der Waals surface area contributed by atoms with Crippen molar-refractivity contribution in [3.63, 3.8) is 0 Å². The molecular weight excluding hydrogens is 166 g/mol. The Morgan fingerprint density at radius 3 is 1.85 bits per heavy atom. The van der Waals surface area contributed by atoms with E-state index in [9.17, 15) is 0 Å². The monoisotopic (exact) mass is 181 g/mol. The molecule has 0 fully saturated rings. The van der Waals surface area contributed by atoms with Crippen molar-refractivity contribution in [3.8, 4) is 24.1 Å². The van der Waals surface area contributed by atoms with E-state index in [0.717, 1.165) is 0 Å². The smallest absolute Gasteiger partial charge is 0.142 e. The van der Waals surface area contributed by atoms with Crippen LogP contribution in [0.1, 0.15) is 27.7 Å². The maximum Gasteiger partial charge on any atom is 0.142 e. The van der Waals surface area contributed by atoms with E-state index in [2.05, 4.69) is 37.9 Å². The molecule has 0 aromatic carbocycles. The molecule has 0 N–H and O–H groups in total. The minimum absolute atomic E-state index is 0.428. The van der Waals surface area contributed by atoms with E-state index < -0.39 is 0 Å². The van der Waals surface area contributed by atoms with E-state index in [4.69, 9.17) is 9.68 Å². The Hall–Kier alpha value is -1.32. The summed E-state index contributed by atoms with van der Waals surface area (Å²) < 4.78 is 0. The van der Waals surface area contributed by atoms with Crippen LogP contribution in [0.15, 0.2) is 0 Å². The third-order valence-corrected chi connectivity index (χ3v) is 1.01. The lowest BCUT2D eigenvalue weighted by atomic mass is 10.2. The summed E-state index contributed by atoms with van der Waals surface area (Å²) in [7, 11) is 0. The second kappa shape index (κ2) is 7.34. The van der Waals surface area contributed by atoms with E-state index in [1.54, 1.807) is 13.8 Å². The molecule has 0 heterocycles. The van der Waals surface area contributed by atoms with Crippen LogP contribution in [-0.4, -0.2) is 11.8 Å². The zero-order valence-corrected chi connectivity index (χ0v) is 8.55. The molecule has 0 saturated carbocycles. The maximum atomic E-state index is 4.95. The highest BCUT2D eigenvalue weighted by molar-refractivity contribution is 4.86. The molecule has 0 spiro atoms. The SMILES string of the molecule is CC#CON(CC(C)C)OC#CC. The van der Waals surface area contributed by atoms with Gasteiger partial charge in [0.05, 0.1) is 6.54 Å². The van der Waals surface area contributed by atoms with Gasteiger partial charge in [0.1, 0.15) is 12.2 Å². The first-order valence-electron chi connectivity index (χ1n) is 4.15. The van der Waals surface area contributed by atoms with Crippen molar-refractivity contribution in [2.75, 3.05) is 6.54 Å². The predicted octanol–water partition coefficient (Wildman–Crippen LogP) is 1.77. The highest BCUT2D eigenvalue weighted by Gasteiger charge is 2.07. The standard InChI is InChI=1S/C10H15NO2/c1-5-7-12-11(9-10(3)4)13-8-6-2/h10H,9H2,1-4H3. The van der Waals surface area contributed by atoms with Crippen molar-refractivity contribution >= 4 is 0 Å². The first-order chi connectivity index (χ1) is 6.20. The largest absolute Gasteiger partial charge is 0.317 e. The van der Waals surface area contributed by atoms with Crippen molar-refractivity contribution in [2.24, 2.45) is 5.92 Å². The number of hydrogen-bond acceptors (Lipinski definition) is 3. The van der Waals surface area contributed by atoms with Crippen LogP contribution in [0.3, 0.4) is 0 Å². The second-order valence-corrected chi connectivity index (χ2v) is 2.80. The Bertz CT molecular complexity index is 217. The Morgan fingerprint density at radius 2 is 1.54 bits per heavy atom. The van der Waals surface area contributed by atoms with Gasteiger partial charge in [0.2, 0.25) is 0 Å². The number of nitrogens with zero attached hydrogens (tertiary/aromatic N) is 1. The van der Waals surface area contributed by atoms with Gasteiger partial charge in [-0.3, -0.25) is 0 Å².